The summed E-state index contributed by atoms with van der Waals surface area (Å²) in [6.45, 7) is 0.458. The maximum absolute atomic E-state index is 12.8. The zero-order valence-corrected chi connectivity index (χ0v) is 15.1. The number of carbonyl (C=O) groups is 2. The quantitative estimate of drug-likeness (QED) is 0.842. The van der Waals surface area contributed by atoms with Crippen LogP contribution < -0.4 is 5.56 Å². The second-order valence-corrected chi connectivity index (χ2v) is 6.75. The average Bonchev–Trinajstić information content (AvgIpc) is 2.69. The number of carboxylic acid groups (broad SMARTS) is 1. The minimum atomic E-state index is -0.860. The highest BCUT2D eigenvalue weighted by molar-refractivity contribution is 5.76. The Hall–Kier alpha value is -2.96. The number of piperidine rings is 1. The molecule has 7 heteroatoms. The fourth-order valence-electron chi connectivity index (χ4n) is 3.46. The van der Waals surface area contributed by atoms with E-state index in [2.05, 4.69) is 5.10 Å². The second-order valence-electron chi connectivity index (χ2n) is 6.75. The predicted octanol–water partition coefficient (Wildman–Crippen LogP) is 2.16. The number of aliphatic carboxylic acids is 1. The van der Waals surface area contributed by atoms with Gasteiger partial charge in [0.25, 0.3) is 5.56 Å². The van der Waals surface area contributed by atoms with Crippen molar-refractivity contribution < 1.29 is 14.7 Å². The lowest BCUT2D eigenvalue weighted by Crippen LogP contribution is -2.46. The molecule has 1 N–H and O–H groups in total. The minimum absolute atomic E-state index is 0.0378. The van der Waals surface area contributed by atoms with E-state index in [1.165, 1.54) is 10.7 Å². The smallest absolute Gasteiger partial charge is 0.303 e. The third-order valence-electron chi connectivity index (χ3n) is 4.86. The van der Waals surface area contributed by atoms with E-state index in [9.17, 15) is 14.4 Å². The van der Waals surface area contributed by atoms with Crippen LogP contribution in [0.1, 0.15) is 32.1 Å². The van der Waals surface area contributed by atoms with Gasteiger partial charge in [-0.15, -0.1) is 0 Å². The Morgan fingerprint density at radius 3 is 2.63 bits per heavy atom. The van der Waals surface area contributed by atoms with Gasteiger partial charge in [0.15, 0.2) is 0 Å². The number of aromatic nitrogens is 2. The van der Waals surface area contributed by atoms with Gasteiger partial charge in [-0.3, -0.25) is 14.4 Å². The van der Waals surface area contributed by atoms with Gasteiger partial charge in [0.2, 0.25) is 5.91 Å². The van der Waals surface area contributed by atoms with Crippen molar-refractivity contribution in [3.8, 4) is 11.3 Å². The van der Waals surface area contributed by atoms with Crippen molar-refractivity contribution in [1.29, 1.82) is 0 Å². The molecule has 1 aromatic carbocycles. The van der Waals surface area contributed by atoms with E-state index in [1.54, 1.807) is 11.0 Å². The molecule has 0 radical (unpaired) electrons. The highest BCUT2D eigenvalue weighted by Crippen LogP contribution is 2.21. The normalized spacial score (nSPS) is 16.9. The molecule has 2 heterocycles. The van der Waals surface area contributed by atoms with E-state index in [4.69, 9.17) is 5.11 Å². The third kappa shape index (κ3) is 4.81. The molecule has 27 heavy (non-hydrogen) atoms. The summed E-state index contributed by atoms with van der Waals surface area (Å²) in [5.41, 5.74) is 1.17. The van der Waals surface area contributed by atoms with E-state index in [0.717, 1.165) is 24.8 Å². The number of carboxylic acids is 1. The molecule has 1 aromatic heterocycles. The van der Waals surface area contributed by atoms with Crippen molar-refractivity contribution in [2.24, 2.45) is 0 Å². The fourth-order valence-corrected chi connectivity index (χ4v) is 3.46. The van der Waals surface area contributed by atoms with Crippen molar-refractivity contribution in [3.05, 3.63) is 52.8 Å². The molecular weight excluding hydrogens is 346 g/mol. The van der Waals surface area contributed by atoms with Gasteiger partial charge in [-0.2, -0.15) is 5.10 Å². The van der Waals surface area contributed by atoms with Gasteiger partial charge in [-0.25, -0.2) is 4.68 Å². The molecule has 0 spiro atoms. The first-order valence-electron chi connectivity index (χ1n) is 9.19. The number of benzene rings is 1. The Morgan fingerprint density at radius 1 is 1.11 bits per heavy atom. The summed E-state index contributed by atoms with van der Waals surface area (Å²) in [5.74, 6) is -1.05. The van der Waals surface area contributed by atoms with Crippen LogP contribution in [0.4, 0.5) is 0 Å². The number of carbonyl (C=O) groups excluding carboxylic acids is 1. The summed E-state index contributed by atoms with van der Waals surface area (Å²) in [4.78, 5) is 37.6. The number of hydrogen-bond donors (Lipinski definition) is 1. The topological polar surface area (TPSA) is 92.5 Å². The molecule has 142 valence electrons. The first-order valence-corrected chi connectivity index (χ1v) is 9.19. The lowest BCUT2D eigenvalue weighted by atomic mass is 9.98. The molecule has 1 amide bonds. The van der Waals surface area contributed by atoms with E-state index < -0.39 is 5.97 Å². The lowest BCUT2D eigenvalue weighted by molar-refractivity contribution is -0.140. The Kier molecular flexibility index (Phi) is 6.01. The van der Waals surface area contributed by atoms with Crippen LogP contribution in [-0.4, -0.2) is 44.3 Å². The zero-order chi connectivity index (χ0) is 19.2. The van der Waals surface area contributed by atoms with E-state index >= 15 is 0 Å². The maximum atomic E-state index is 12.8. The van der Waals surface area contributed by atoms with Crippen molar-refractivity contribution in [2.45, 2.75) is 44.7 Å². The summed E-state index contributed by atoms with van der Waals surface area (Å²) in [5, 5.41) is 13.3. The first kappa shape index (κ1) is 18.8. The standard InChI is InChI=1S/C20H23N3O4/c24-18-11-10-17(15-6-2-1-3-7-15)21-23(18)14-19(25)22-13-5-4-8-16(22)9-12-20(26)27/h1-3,6-7,10-11,16H,4-5,8-9,12-14H2,(H,26,27). The molecule has 0 bridgehead atoms. The summed E-state index contributed by atoms with van der Waals surface area (Å²) in [6.07, 6.45) is 3.15. The Bertz CT molecular complexity index is 863. The number of nitrogens with zero attached hydrogens (tertiary/aromatic N) is 3. The molecule has 1 aliphatic rings. The average molecular weight is 369 g/mol. The Labute approximate surface area is 157 Å². The molecule has 2 aromatic rings. The summed E-state index contributed by atoms with van der Waals surface area (Å²) in [6, 6.07) is 12.4. The zero-order valence-electron chi connectivity index (χ0n) is 15.1. The molecule has 1 fully saturated rings. The molecule has 1 aliphatic heterocycles. The van der Waals surface area contributed by atoms with Crippen molar-refractivity contribution in [1.82, 2.24) is 14.7 Å². The summed E-state index contributed by atoms with van der Waals surface area (Å²) < 4.78 is 1.19. The molecule has 1 saturated heterocycles. The number of likely N-dealkylation sites (tertiary alicyclic amines) is 1. The number of amides is 1. The molecule has 7 nitrogen and oxygen atoms in total. The van der Waals surface area contributed by atoms with Gasteiger partial charge >= 0.3 is 5.97 Å². The fraction of sp³-hybridized carbons (Fsp3) is 0.400. The van der Waals surface area contributed by atoms with Crippen molar-refractivity contribution in [3.63, 3.8) is 0 Å². The monoisotopic (exact) mass is 369 g/mol. The Morgan fingerprint density at radius 2 is 1.89 bits per heavy atom. The highest BCUT2D eigenvalue weighted by atomic mass is 16.4. The number of hydrogen-bond acceptors (Lipinski definition) is 4. The Balaban J connectivity index is 1.76. The highest BCUT2D eigenvalue weighted by Gasteiger charge is 2.27. The van der Waals surface area contributed by atoms with Crippen molar-refractivity contribution in [2.75, 3.05) is 6.54 Å². The molecule has 3 rings (SSSR count). The van der Waals surface area contributed by atoms with Crippen LogP contribution in [0.25, 0.3) is 11.3 Å². The van der Waals surface area contributed by atoms with Crippen LogP contribution in [-0.2, 0) is 16.1 Å². The minimum Gasteiger partial charge on any atom is -0.481 e. The maximum Gasteiger partial charge on any atom is 0.303 e. The van der Waals surface area contributed by atoms with E-state index in [0.29, 0.717) is 18.7 Å². The van der Waals surface area contributed by atoms with E-state index in [-0.39, 0.29) is 30.5 Å². The number of rotatable bonds is 6. The SMILES string of the molecule is O=C(O)CCC1CCCCN1C(=O)Cn1nc(-c2ccccc2)ccc1=O. The predicted molar refractivity (Wildman–Crippen MR) is 100 cm³/mol. The summed E-state index contributed by atoms with van der Waals surface area (Å²) in [7, 11) is 0. The van der Waals surface area contributed by atoms with Crippen LogP contribution in [0, 0.1) is 0 Å². The van der Waals surface area contributed by atoms with Crippen LogP contribution in [0.2, 0.25) is 0 Å². The van der Waals surface area contributed by atoms with Gasteiger partial charge in [-0.1, -0.05) is 30.3 Å². The van der Waals surface area contributed by atoms with Crippen LogP contribution in [0.15, 0.2) is 47.3 Å². The largest absolute Gasteiger partial charge is 0.481 e. The summed E-state index contributed by atoms with van der Waals surface area (Å²) >= 11 is 0. The van der Waals surface area contributed by atoms with Gasteiger partial charge in [0, 0.05) is 30.6 Å². The van der Waals surface area contributed by atoms with Gasteiger partial charge < -0.3 is 10.0 Å². The molecular formula is C20H23N3O4. The third-order valence-corrected chi connectivity index (χ3v) is 4.86. The van der Waals surface area contributed by atoms with Gasteiger partial charge in [0.1, 0.15) is 6.54 Å². The van der Waals surface area contributed by atoms with E-state index in [1.807, 2.05) is 30.3 Å². The lowest BCUT2D eigenvalue weighted by Gasteiger charge is -2.35. The van der Waals surface area contributed by atoms with Crippen LogP contribution in [0.5, 0.6) is 0 Å². The van der Waals surface area contributed by atoms with Gasteiger partial charge in [0.05, 0.1) is 5.69 Å². The van der Waals surface area contributed by atoms with Crippen LogP contribution in [0.3, 0.4) is 0 Å². The van der Waals surface area contributed by atoms with Gasteiger partial charge in [-0.05, 0) is 31.7 Å². The van der Waals surface area contributed by atoms with Crippen molar-refractivity contribution >= 4 is 11.9 Å². The second kappa shape index (κ2) is 8.62. The molecule has 1 atom stereocenters. The molecule has 1 unspecified atom stereocenters. The van der Waals surface area contributed by atoms with Crippen LogP contribution >= 0.6 is 0 Å². The molecule has 0 aliphatic carbocycles. The first-order chi connectivity index (χ1) is 13.0. The molecule has 0 saturated carbocycles.